The van der Waals surface area contributed by atoms with Crippen molar-refractivity contribution in [1.29, 1.82) is 0 Å². The smallest absolute Gasteiger partial charge is 0.268 e. The van der Waals surface area contributed by atoms with Gasteiger partial charge in [-0.05, 0) is 85.3 Å². The van der Waals surface area contributed by atoms with E-state index in [9.17, 15) is 12.8 Å². The standard InChI is InChI=1S/C41H39ClFN3O4S/c1-29-34(20-21-37(40(29)42)49-27-26-45-24-22-44(2)23-25-45)38-39-35(14-9-15-36(39)50-28-30-10-5-3-6-11-30)46(41(38)31-16-18-32(43)19-17-31)51(47,48)33-12-7-4-8-13-33/h3-21H,22-28H2,1-2H3. The highest BCUT2D eigenvalue weighted by Crippen LogP contribution is 2.49. The van der Waals surface area contributed by atoms with Crippen molar-refractivity contribution in [3.63, 3.8) is 0 Å². The van der Waals surface area contributed by atoms with Crippen LogP contribution >= 0.6 is 11.6 Å². The predicted octanol–water partition coefficient (Wildman–Crippen LogP) is 8.52. The van der Waals surface area contributed by atoms with E-state index in [-0.39, 0.29) is 11.5 Å². The van der Waals surface area contributed by atoms with Crippen molar-refractivity contribution in [3.8, 4) is 33.9 Å². The lowest BCUT2D eigenvalue weighted by atomic mass is 9.94. The van der Waals surface area contributed by atoms with Gasteiger partial charge >= 0.3 is 0 Å². The third-order valence-corrected chi connectivity index (χ3v) is 11.6. The number of aromatic nitrogens is 1. The van der Waals surface area contributed by atoms with Gasteiger partial charge < -0.3 is 14.4 Å². The average Bonchev–Trinajstić information content (AvgIpc) is 3.51. The van der Waals surface area contributed by atoms with E-state index in [1.807, 2.05) is 55.5 Å². The second-order valence-electron chi connectivity index (χ2n) is 12.8. The Morgan fingerprint density at radius 2 is 1.45 bits per heavy atom. The largest absolute Gasteiger partial charge is 0.491 e. The predicted molar refractivity (Wildman–Crippen MR) is 202 cm³/mol. The molecule has 0 amide bonds. The van der Waals surface area contributed by atoms with Gasteiger partial charge in [0.25, 0.3) is 10.0 Å². The van der Waals surface area contributed by atoms with Gasteiger partial charge in [0.1, 0.15) is 30.5 Å². The third kappa shape index (κ3) is 7.12. The molecule has 6 aromatic rings. The van der Waals surface area contributed by atoms with Crippen LogP contribution in [0.4, 0.5) is 4.39 Å². The van der Waals surface area contributed by atoms with E-state index in [0.717, 1.165) is 38.3 Å². The Kier molecular flexibility index (Phi) is 10.2. The van der Waals surface area contributed by atoms with Gasteiger partial charge in [-0.3, -0.25) is 4.90 Å². The molecular weight excluding hydrogens is 685 g/mol. The molecule has 1 saturated heterocycles. The van der Waals surface area contributed by atoms with Crippen molar-refractivity contribution in [1.82, 2.24) is 13.8 Å². The fourth-order valence-corrected chi connectivity index (χ4v) is 8.39. The topological polar surface area (TPSA) is 64.0 Å². The first-order valence-electron chi connectivity index (χ1n) is 17.0. The van der Waals surface area contributed by atoms with Crippen molar-refractivity contribution >= 4 is 32.5 Å². The summed E-state index contributed by atoms with van der Waals surface area (Å²) in [5.74, 6) is 0.620. The van der Waals surface area contributed by atoms with Crippen LogP contribution in [0.1, 0.15) is 11.1 Å². The molecule has 1 aromatic heterocycles. The summed E-state index contributed by atoms with van der Waals surface area (Å²) in [4.78, 5) is 4.81. The normalized spacial score (nSPS) is 14.2. The molecule has 0 N–H and O–H groups in total. The van der Waals surface area contributed by atoms with Gasteiger partial charge in [-0.1, -0.05) is 72.3 Å². The number of ether oxygens (including phenoxy) is 2. The Balaban J connectivity index is 1.41. The van der Waals surface area contributed by atoms with Crippen LogP contribution in [0, 0.1) is 12.7 Å². The van der Waals surface area contributed by atoms with Gasteiger partial charge in [0.2, 0.25) is 0 Å². The molecule has 7 rings (SSSR count). The quantitative estimate of drug-likeness (QED) is 0.134. The van der Waals surface area contributed by atoms with E-state index >= 15 is 0 Å². The minimum absolute atomic E-state index is 0.117. The van der Waals surface area contributed by atoms with Crippen LogP contribution in [-0.4, -0.2) is 68.6 Å². The Bertz CT molecular complexity index is 2250. The molecular formula is C41H39ClFN3O4S. The van der Waals surface area contributed by atoms with Crippen LogP contribution in [0.2, 0.25) is 5.02 Å². The fourth-order valence-electron chi connectivity index (χ4n) is 6.61. The lowest BCUT2D eigenvalue weighted by Crippen LogP contribution is -2.45. The first-order chi connectivity index (χ1) is 24.7. The summed E-state index contributed by atoms with van der Waals surface area (Å²) in [6.45, 7) is 7.46. The number of halogens is 2. The SMILES string of the molecule is Cc1c(-c2c(-c3ccc(F)cc3)n(S(=O)(=O)c3ccccc3)c3cccc(OCc4ccccc4)c23)ccc(OCCN2CCN(C)CC2)c1Cl. The van der Waals surface area contributed by atoms with Crippen LogP contribution in [-0.2, 0) is 16.6 Å². The van der Waals surface area contributed by atoms with E-state index in [1.165, 1.54) is 16.1 Å². The number of fused-ring (bicyclic) bond motifs is 1. The summed E-state index contributed by atoms with van der Waals surface area (Å²) >= 11 is 7.08. The molecule has 0 atom stereocenters. The van der Waals surface area contributed by atoms with Crippen LogP contribution < -0.4 is 9.47 Å². The van der Waals surface area contributed by atoms with Crippen molar-refractivity contribution in [2.24, 2.45) is 0 Å². The van der Waals surface area contributed by atoms with Crippen LogP contribution in [0.25, 0.3) is 33.3 Å². The van der Waals surface area contributed by atoms with Gasteiger partial charge in [-0.2, -0.15) is 0 Å². The van der Waals surface area contributed by atoms with Crippen molar-refractivity contribution < 1.29 is 22.3 Å². The van der Waals surface area contributed by atoms with Crippen molar-refractivity contribution in [2.45, 2.75) is 18.4 Å². The first kappa shape index (κ1) is 34.8. The maximum Gasteiger partial charge on any atom is 0.268 e. The highest BCUT2D eigenvalue weighted by molar-refractivity contribution is 7.90. The molecule has 7 nitrogen and oxygen atoms in total. The number of benzene rings is 5. The molecule has 5 aromatic carbocycles. The first-order valence-corrected chi connectivity index (χ1v) is 18.8. The van der Waals surface area contributed by atoms with E-state index in [2.05, 4.69) is 16.8 Å². The number of hydrogen-bond acceptors (Lipinski definition) is 6. The fraction of sp³-hybridized carbons (Fsp3) is 0.220. The maximum absolute atomic E-state index is 14.7. The van der Waals surface area contributed by atoms with Crippen LogP contribution in [0.3, 0.4) is 0 Å². The number of nitrogens with zero attached hydrogens (tertiary/aromatic N) is 3. The number of rotatable bonds is 11. The van der Waals surface area contributed by atoms with E-state index in [0.29, 0.717) is 62.0 Å². The van der Waals surface area contributed by atoms with Crippen molar-refractivity contribution in [2.75, 3.05) is 46.4 Å². The summed E-state index contributed by atoms with van der Waals surface area (Å²) in [5.41, 5.74) is 4.28. The summed E-state index contributed by atoms with van der Waals surface area (Å²) in [6, 6.07) is 33.1. The van der Waals surface area contributed by atoms with Gasteiger partial charge in [-0.25, -0.2) is 16.8 Å². The Hall–Kier alpha value is -4.67. The van der Waals surface area contributed by atoms with E-state index < -0.39 is 15.8 Å². The molecule has 10 heteroatoms. The Labute approximate surface area is 303 Å². The lowest BCUT2D eigenvalue weighted by Gasteiger charge is -2.32. The highest BCUT2D eigenvalue weighted by Gasteiger charge is 2.31. The van der Waals surface area contributed by atoms with E-state index in [1.54, 1.807) is 54.6 Å². The second kappa shape index (κ2) is 14.9. The van der Waals surface area contributed by atoms with Crippen molar-refractivity contribution in [3.05, 3.63) is 137 Å². The van der Waals surface area contributed by atoms with Gasteiger partial charge in [0.05, 0.1) is 26.5 Å². The summed E-state index contributed by atoms with van der Waals surface area (Å²) in [7, 11) is -2.05. The third-order valence-electron chi connectivity index (χ3n) is 9.43. The maximum atomic E-state index is 14.7. The summed E-state index contributed by atoms with van der Waals surface area (Å²) < 4.78 is 57.9. The minimum Gasteiger partial charge on any atom is -0.491 e. The molecule has 0 aliphatic carbocycles. The number of hydrogen-bond donors (Lipinski definition) is 0. The molecule has 0 bridgehead atoms. The van der Waals surface area contributed by atoms with E-state index in [4.69, 9.17) is 21.1 Å². The molecule has 0 unspecified atom stereocenters. The molecule has 1 aliphatic heterocycles. The summed E-state index contributed by atoms with van der Waals surface area (Å²) in [6.07, 6.45) is 0. The molecule has 0 spiro atoms. The zero-order chi connectivity index (χ0) is 35.5. The van der Waals surface area contributed by atoms with Crippen LogP contribution in [0.5, 0.6) is 11.5 Å². The molecule has 1 aliphatic rings. The molecule has 262 valence electrons. The van der Waals surface area contributed by atoms with Gasteiger partial charge in [0, 0.05) is 43.9 Å². The zero-order valence-electron chi connectivity index (χ0n) is 28.6. The monoisotopic (exact) mass is 723 g/mol. The average molecular weight is 724 g/mol. The number of likely N-dealkylation sites (N-methyl/N-ethyl adjacent to an activating group) is 1. The van der Waals surface area contributed by atoms with Crippen LogP contribution in [0.15, 0.2) is 120 Å². The molecule has 0 radical (unpaired) electrons. The Morgan fingerprint density at radius 3 is 2.16 bits per heavy atom. The number of piperazine rings is 1. The molecule has 1 fully saturated rings. The molecule has 51 heavy (non-hydrogen) atoms. The highest BCUT2D eigenvalue weighted by atomic mass is 35.5. The van der Waals surface area contributed by atoms with Gasteiger partial charge in [0.15, 0.2) is 0 Å². The van der Waals surface area contributed by atoms with Gasteiger partial charge in [-0.15, -0.1) is 0 Å². The molecule has 2 heterocycles. The Morgan fingerprint density at radius 1 is 0.765 bits per heavy atom. The second-order valence-corrected chi connectivity index (χ2v) is 14.9. The lowest BCUT2D eigenvalue weighted by molar-refractivity contribution is 0.134. The summed E-state index contributed by atoms with van der Waals surface area (Å²) in [5, 5.41) is 1.03. The zero-order valence-corrected chi connectivity index (χ0v) is 30.1. The molecule has 0 saturated carbocycles. The minimum atomic E-state index is -4.18.